The quantitative estimate of drug-likeness (QED) is 0.719. The molecule has 2 aromatic carbocycles. The fraction of sp³-hybridized carbons (Fsp3) is 0.391. The predicted molar refractivity (Wildman–Crippen MR) is 110 cm³/mol. The number of anilines is 1. The predicted octanol–water partition coefficient (Wildman–Crippen LogP) is 4.94. The Hall–Kier alpha value is -2.82. The van der Waals surface area contributed by atoms with Crippen molar-refractivity contribution in [1.29, 1.82) is 0 Å². The molecule has 1 heterocycles. The number of allylic oxidation sites excluding steroid dienone is 2. The van der Waals surface area contributed by atoms with Gasteiger partial charge in [-0.3, -0.25) is 0 Å². The van der Waals surface area contributed by atoms with E-state index in [0.717, 1.165) is 23.4 Å². The number of hydrogen-bond acceptors (Lipinski definition) is 5. The van der Waals surface area contributed by atoms with Crippen LogP contribution in [-0.2, 0) is 0 Å². The zero-order valence-electron chi connectivity index (χ0n) is 16.8. The highest BCUT2D eigenvalue weighted by Crippen LogP contribution is 2.53. The standard InChI is InChI=1S/C23H27NO4/c1-5-28-18-11-7-10-17-15-8-6-9-16(15)21(24-22(17)18)14-12-19(25-2)23(27-4)20(13-14)26-3/h6-8,10-13,15-16,21,24H,5,9H2,1-4H3. The summed E-state index contributed by atoms with van der Waals surface area (Å²) in [6.45, 7) is 2.65. The third-order valence-corrected chi connectivity index (χ3v) is 5.70. The van der Waals surface area contributed by atoms with Crippen LogP contribution in [0.25, 0.3) is 0 Å². The minimum Gasteiger partial charge on any atom is -0.493 e. The van der Waals surface area contributed by atoms with Gasteiger partial charge in [-0.1, -0.05) is 24.3 Å². The Kier molecular flexibility index (Phi) is 5.07. The number of para-hydroxylation sites is 1. The molecule has 1 aliphatic carbocycles. The van der Waals surface area contributed by atoms with Crippen LogP contribution in [-0.4, -0.2) is 27.9 Å². The monoisotopic (exact) mass is 381 g/mol. The van der Waals surface area contributed by atoms with Crippen LogP contribution in [0.4, 0.5) is 5.69 Å². The van der Waals surface area contributed by atoms with Crippen molar-refractivity contribution >= 4 is 5.69 Å². The molecule has 28 heavy (non-hydrogen) atoms. The Labute approximate surface area is 166 Å². The lowest BCUT2D eigenvalue weighted by Crippen LogP contribution is -2.29. The van der Waals surface area contributed by atoms with Crippen molar-refractivity contribution in [2.75, 3.05) is 33.3 Å². The van der Waals surface area contributed by atoms with E-state index in [4.69, 9.17) is 18.9 Å². The van der Waals surface area contributed by atoms with Crippen molar-refractivity contribution in [2.45, 2.75) is 25.3 Å². The Bertz CT molecular complexity index is 867. The van der Waals surface area contributed by atoms with Gasteiger partial charge in [0.25, 0.3) is 0 Å². The molecule has 0 spiro atoms. The summed E-state index contributed by atoms with van der Waals surface area (Å²) in [4.78, 5) is 0. The van der Waals surface area contributed by atoms with Crippen LogP contribution in [0.2, 0.25) is 0 Å². The van der Waals surface area contributed by atoms with Gasteiger partial charge in [0.15, 0.2) is 11.5 Å². The number of benzene rings is 2. The summed E-state index contributed by atoms with van der Waals surface area (Å²) in [6, 6.07) is 10.5. The Morgan fingerprint density at radius 2 is 1.75 bits per heavy atom. The van der Waals surface area contributed by atoms with Gasteiger partial charge in [-0.05, 0) is 48.6 Å². The van der Waals surface area contributed by atoms with Gasteiger partial charge in [0.05, 0.1) is 39.7 Å². The van der Waals surface area contributed by atoms with Gasteiger partial charge in [0, 0.05) is 5.92 Å². The van der Waals surface area contributed by atoms with Crippen LogP contribution in [0.1, 0.15) is 36.4 Å². The third-order valence-electron chi connectivity index (χ3n) is 5.70. The number of methoxy groups -OCH3 is 3. The molecule has 0 bridgehead atoms. The summed E-state index contributed by atoms with van der Waals surface area (Å²) < 4.78 is 22.6. The number of hydrogen-bond donors (Lipinski definition) is 1. The summed E-state index contributed by atoms with van der Waals surface area (Å²) >= 11 is 0. The first-order valence-electron chi connectivity index (χ1n) is 9.70. The molecule has 0 amide bonds. The average molecular weight is 381 g/mol. The van der Waals surface area contributed by atoms with Crippen LogP contribution < -0.4 is 24.3 Å². The van der Waals surface area contributed by atoms with E-state index in [1.54, 1.807) is 21.3 Å². The Morgan fingerprint density at radius 1 is 1.00 bits per heavy atom. The second kappa shape index (κ2) is 7.66. The molecule has 1 aliphatic heterocycles. The van der Waals surface area contributed by atoms with E-state index in [-0.39, 0.29) is 6.04 Å². The van der Waals surface area contributed by atoms with Gasteiger partial charge in [0.2, 0.25) is 5.75 Å². The van der Waals surface area contributed by atoms with Crippen LogP contribution in [0, 0.1) is 5.92 Å². The number of ether oxygens (including phenoxy) is 4. The zero-order valence-corrected chi connectivity index (χ0v) is 16.8. The van der Waals surface area contributed by atoms with Gasteiger partial charge >= 0.3 is 0 Å². The molecule has 0 radical (unpaired) electrons. The van der Waals surface area contributed by atoms with Crippen molar-refractivity contribution < 1.29 is 18.9 Å². The van der Waals surface area contributed by atoms with E-state index < -0.39 is 0 Å². The molecular weight excluding hydrogens is 354 g/mol. The Morgan fingerprint density at radius 3 is 2.39 bits per heavy atom. The van der Waals surface area contributed by atoms with Crippen LogP contribution >= 0.6 is 0 Å². The molecule has 3 unspecified atom stereocenters. The summed E-state index contributed by atoms with van der Waals surface area (Å²) in [5.74, 6) is 3.64. The molecule has 148 valence electrons. The van der Waals surface area contributed by atoms with Crippen molar-refractivity contribution in [3.63, 3.8) is 0 Å². The average Bonchev–Trinajstić information content (AvgIpc) is 3.22. The van der Waals surface area contributed by atoms with E-state index in [1.165, 1.54) is 5.56 Å². The first-order valence-corrected chi connectivity index (χ1v) is 9.70. The van der Waals surface area contributed by atoms with E-state index >= 15 is 0 Å². The molecule has 1 N–H and O–H groups in total. The molecule has 5 heteroatoms. The van der Waals surface area contributed by atoms with E-state index in [2.05, 4.69) is 29.6 Å². The van der Waals surface area contributed by atoms with Crippen molar-refractivity contribution in [1.82, 2.24) is 0 Å². The normalized spacial score (nSPS) is 22.1. The SMILES string of the molecule is CCOc1cccc2c1NC(c1cc(OC)c(OC)c(OC)c1)C1CC=CC21. The third kappa shape index (κ3) is 2.95. The lowest BCUT2D eigenvalue weighted by Gasteiger charge is -2.38. The number of rotatable bonds is 6. The van der Waals surface area contributed by atoms with Gasteiger partial charge in [0.1, 0.15) is 5.75 Å². The molecule has 4 rings (SSSR count). The van der Waals surface area contributed by atoms with Gasteiger partial charge in [-0.2, -0.15) is 0 Å². The van der Waals surface area contributed by atoms with Crippen molar-refractivity contribution in [3.05, 3.63) is 53.6 Å². The molecule has 0 fully saturated rings. The summed E-state index contributed by atoms with van der Waals surface area (Å²) in [6.07, 6.45) is 5.63. The van der Waals surface area contributed by atoms with Crippen molar-refractivity contribution in [2.24, 2.45) is 5.92 Å². The minimum atomic E-state index is 0.114. The second-order valence-corrected chi connectivity index (χ2v) is 7.09. The zero-order chi connectivity index (χ0) is 19.7. The molecule has 5 nitrogen and oxygen atoms in total. The molecule has 0 aromatic heterocycles. The smallest absolute Gasteiger partial charge is 0.203 e. The number of fused-ring (bicyclic) bond motifs is 3. The molecule has 0 saturated heterocycles. The molecule has 3 atom stereocenters. The first kappa shape index (κ1) is 18.5. The van der Waals surface area contributed by atoms with Crippen LogP contribution in [0.3, 0.4) is 0 Å². The largest absolute Gasteiger partial charge is 0.493 e. The highest BCUT2D eigenvalue weighted by atomic mass is 16.5. The van der Waals surface area contributed by atoms with Gasteiger partial charge in [-0.15, -0.1) is 0 Å². The van der Waals surface area contributed by atoms with Crippen LogP contribution in [0.15, 0.2) is 42.5 Å². The molecule has 2 aliphatic rings. The topological polar surface area (TPSA) is 49.0 Å². The van der Waals surface area contributed by atoms with Crippen LogP contribution in [0.5, 0.6) is 23.0 Å². The van der Waals surface area contributed by atoms with E-state index in [0.29, 0.717) is 35.7 Å². The maximum absolute atomic E-state index is 5.91. The van der Waals surface area contributed by atoms with E-state index in [9.17, 15) is 0 Å². The number of nitrogens with one attached hydrogen (secondary N) is 1. The highest BCUT2D eigenvalue weighted by Gasteiger charge is 2.39. The lowest BCUT2D eigenvalue weighted by molar-refractivity contribution is 0.321. The molecule has 0 saturated carbocycles. The molecule has 2 aromatic rings. The first-order chi connectivity index (χ1) is 13.7. The molecular formula is C23H27NO4. The van der Waals surface area contributed by atoms with Crippen molar-refractivity contribution in [3.8, 4) is 23.0 Å². The maximum Gasteiger partial charge on any atom is 0.203 e. The summed E-state index contributed by atoms with van der Waals surface area (Å²) in [7, 11) is 4.93. The summed E-state index contributed by atoms with van der Waals surface area (Å²) in [5.41, 5.74) is 3.49. The summed E-state index contributed by atoms with van der Waals surface area (Å²) in [5, 5.41) is 3.76. The Balaban J connectivity index is 1.81. The van der Waals surface area contributed by atoms with Gasteiger partial charge in [-0.25, -0.2) is 0 Å². The fourth-order valence-electron chi connectivity index (χ4n) is 4.48. The van der Waals surface area contributed by atoms with E-state index in [1.807, 2.05) is 25.1 Å². The fourth-order valence-corrected chi connectivity index (χ4v) is 4.48. The minimum absolute atomic E-state index is 0.114. The lowest BCUT2D eigenvalue weighted by atomic mass is 9.77. The second-order valence-electron chi connectivity index (χ2n) is 7.09. The van der Waals surface area contributed by atoms with Gasteiger partial charge < -0.3 is 24.3 Å². The maximum atomic E-state index is 5.91. The highest BCUT2D eigenvalue weighted by molar-refractivity contribution is 5.68.